The third kappa shape index (κ3) is 3.65. The van der Waals surface area contributed by atoms with Crippen LogP contribution in [0.4, 0.5) is 0 Å². The van der Waals surface area contributed by atoms with Crippen molar-refractivity contribution in [2.45, 2.75) is 38.0 Å². The molecule has 1 amide bonds. The summed E-state index contributed by atoms with van der Waals surface area (Å²) in [6, 6.07) is 15.7. The van der Waals surface area contributed by atoms with Crippen molar-refractivity contribution in [2.24, 2.45) is 0 Å². The second kappa shape index (κ2) is 6.58. The summed E-state index contributed by atoms with van der Waals surface area (Å²) in [5.41, 5.74) is 1.34. The summed E-state index contributed by atoms with van der Waals surface area (Å²) < 4.78 is 5.95. The van der Waals surface area contributed by atoms with E-state index in [0.29, 0.717) is 23.3 Å². The van der Waals surface area contributed by atoms with Gasteiger partial charge in [-0.25, -0.2) is 0 Å². The molecular formula is C20H20N2O3. The molecule has 2 aromatic carbocycles. The Bertz CT molecular complexity index is 825. The first-order valence-electron chi connectivity index (χ1n) is 8.16. The van der Waals surface area contributed by atoms with Gasteiger partial charge in [0.1, 0.15) is 11.4 Å². The number of hydrogen-bond donors (Lipinski definition) is 2. The van der Waals surface area contributed by atoms with Gasteiger partial charge in [0, 0.05) is 12.0 Å². The number of amides is 1. The first kappa shape index (κ1) is 17.0. The molecule has 0 bridgehead atoms. The molecule has 2 aromatic rings. The molecule has 0 spiro atoms. The van der Waals surface area contributed by atoms with Crippen molar-refractivity contribution in [1.82, 2.24) is 5.32 Å². The van der Waals surface area contributed by atoms with Crippen molar-refractivity contribution >= 4 is 5.91 Å². The molecule has 1 heterocycles. The van der Waals surface area contributed by atoms with Crippen LogP contribution in [0.3, 0.4) is 0 Å². The number of carbonyl (C=O) groups excluding carboxylic acids is 1. The van der Waals surface area contributed by atoms with E-state index in [1.165, 1.54) is 0 Å². The Morgan fingerprint density at radius 2 is 2.04 bits per heavy atom. The predicted molar refractivity (Wildman–Crippen MR) is 92.8 cm³/mol. The fourth-order valence-corrected chi connectivity index (χ4v) is 3.09. The summed E-state index contributed by atoms with van der Waals surface area (Å²) in [5.74, 6) is 0.178. The minimum Gasteiger partial charge on any atom is -0.487 e. The Labute approximate surface area is 146 Å². The van der Waals surface area contributed by atoms with Crippen LogP contribution in [0.1, 0.15) is 49.1 Å². The molecule has 1 aliphatic rings. The fourth-order valence-electron chi connectivity index (χ4n) is 3.09. The average Bonchev–Trinajstić information content (AvgIpc) is 2.60. The number of carbonyl (C=O) groups is 1. The van der Waals surface area contributed by atoms with Crippen molar-refractivity contribution in [3.05, 3.63) is 65.2 Å². The number of aliphatic hydroxyl groups excluding tert-OH is 1. The van der Waals surface area contributed by atoms with E-state index in [9.17, 15) is 9.90 Å². The van der Waals surface area contributed by atoms with E-state index in [1.807, 2.05) is 19.9 Å². The van der Waals surface area contributed by atoms with Gasteiger partial charge in [0.2, 0.25) is 0 Å². The lowest BCUT2D eigenvalue weighted by atomic mass is 9.88. The Balaban J connectivity index is 1.87. The van der Waals surface area contributed by atoms with Crippen molar-refractivity contribution in [2.75, 3.05) is 0 Å². The summed E-state index contributed by atoms with van der Waals surface area (Å²) in [6.45, 7) is 3.89. The number of ether oxygens (including phenoxy) is 1. The van der Waals surface area contributed by atoms with Gasteiger partial charge in [-0.1, -0.05) is 30.3 Å². The number of nitrogens with one attached hydrogen (secondary N) is 1. The van der Waals surface area contributed by atoms with Crippen molar-refractivity contribution in [3.63, 3.8) is 0 Å². The zero-order chi connectivity index (χ0) is 18.0. The lowest BCUT2D eigenvalue weighted by Gasteiger charge is -2.38. The Hall–Kier alpha value is -2.84. The van der Waals surface area contributed by atoms with Crippen molar-refractivity contribution < 1.29 is 14.6 Å². The summed E-state index contributed by atoms with van der Waals surface area (Å²) in [4.78, 5) is 12.5. The number of benzene rings is 2. The predicted octanol–water partition coefficient (Wildman–Crippen LogP) is 3.01. The molecule has 5 heteroatoms. The molecule has 128 valence electrons. The van der Waals surface area contributed by atoms with Gasteiger partial charge in [-0.05, 0) is 37.6 Å². The Kier molecular flexibility index (Phi) is 4.47. The highest BCUT2D eigenvalue weighted by molar-refractivity contribution is 5.82. The molecule has 1 unspecified atom stereocenters. The van der Waals surface area contributed by atoms with Gasteiger partial charge in [-0.2, -0.15) is 5.26 Å². The quantitative estimate of drug-likeness (QED) is 0.902. The minimum atomic E-state index is -1.24. The van der Waals surface area contributed by atoms with E-state index < -0.39 is 17.6 Å². The smallest absolute Gasteiger partial charge is 0.253 e. The molecule has 2 atom stereocenters. The first-order valence-corrected chi connectivity index (χ1v) is 8.16. The molecule has 0 saturated carbocycles. The number of rotatable bonds is 3. The number of hydrogen-bond acceptors (Lipinski definition) is 4. The number of nitriles is 1. The maximum Gasteiger partial charge on any atom is 0.253 e. The van der Waals surface area contributed by atoms with E-state index in [1.54, 1.807) is 42.5 Å². The highest BCUT2D eigenvalue weighted by Gasteiger charge is 2.35. The topological polar surface area (TPSA) is 82.4 Å². The molecule has 25 heavy (non-hydrogen) atoms. The normalized spacial score (nSPS) is 19.0. The monoisotopic (exact) mass is 336 g/mol. The third-order valence-corrected chi connectivity index (χ3v) is 4.28. The van der Waals surface area contributed by atoms with Gasteiger partial charge in [-0.3, -0.25) is 4.79 Å². The molecule has 5 nitrogen and oxygen atoms in total. The van der Waals surface area contributed by atoms with Crippen LogP contribution in [-0.4, -0.2) is 16.6 Å². The van der Waals surface area contributed by atoms with E-state index in [0.717, 1.165) is 5.56 Å². The molecular weight excluding hydrogens is 316 g/mol. The summed E-state index contributed by atoms with van der Waals surface area (Å²) in [7, 11) is 0. The van der Waals surface area contributed by atoms with E-state index in [4.69, 9.17) is 10.00 Å². The second-order valence-corrected chi connectivity index (χ2v) is 6.80. The number of nitrogens with zero attached hydrogens (tertiary/aromatic N) is 1. The number of fused-ring (bicyclic) bond motifs is 1. The molecule has 0 fully saturated rings. The highest BCUT2D eigenvalue weighted by atomic mass is 16.5. The average molecular weight is 336 g/mol. The van der Waals surface area contributed by atoms with Crippen molar-refractivity contribution in [1.29, 1.82) is 5.26 Å². The lowest BCUT2D eigenvalue weighted by molar-refractivity contribution is -0.131. The summed E-state index contributed by atoms with van der Waals surface area (Å²) in [6.07, 6.45) is -0.697. The fraction of sp³-hybridized carbons (Fsp3) is 0.300. The van der Waals surface area contributed by atoms with Crippen LogP contribution in [0.2, 0.25) is 0 Å². The largest absolute Gasteiger partial charge is 0.487 e. The van der Waals surface area contributed by atoms with E-state index >= 15 is 0 Å². The van der Waals surface area contributed by atoms with Gasteiger partial charge in [0.15, 0.2) is 6.10 Å². The maximum atomic E-state index is 12.5. The highest BCUT2D eigenvalue weighted by Crippen LogP contribution is 2.40. The van der Waals surface area contributed by atoms with Gasteiger partial charge in [0.05, 0.1) is 17.7 Å². The van der Waals surface area contributed by atoms with Crippen LogP contribution in [0, 0.1) is 11.3 Å². The molecule has 0 radical (unpaired) electrons. The van der Waals surface area contributed by atoms with E-state index in [2.05, 4.69) is 11.4 Å². The van der Waals surface area contributed by atoms with Gasteiger partial charge < -0.3 is 15.2 Å². The van der Waals surface area contributed by atoms with Crippen LogP contribution in [0.15, 0.2) is 48.5 Å². The van der Waals surface area contributed by atoms with Crippen molar-refractivity contribution in [3.8, 4) is 11.8 Å². The molecule has 2 N–H and O–H groups in total. The molecule has 0 aromatic heterocycles. The zero-order valence-electron chi connectivity index (χ0n) is 14.2. The molecule has 3 rings (SSSR count). The maximum absolute atomic E-state index is 12.5. The van der Waals surface area contributed by atoms with Gasteiger partial charge in [0.25, 0.3) is 5.91 Å². The Morgan fingerprint density at radius 3 is 2.72 bits per heavy atom. The summed E-state index contributed by atoms with van der Waals surface area (Å²) >= 11 is 0. The molecule has 0 saturated heterocycles. The lowest BCUT2D eigenvalue weighted by Crippen LogP contribution is -2.42. The second-order valence-electron chi connectivity index (χ2n) is 6.80. The summed E-state index contributed by atoms with van der Waals surface area (Å²) in [5, 5.41) is 22.3. The standard InChI is InChI=1S/C20H20N2O3/c1-20(2)11-16(15-10-13(12-21)8-9-17(15)25-20)22-19(24)18(23)14-6-4-3-5-7-14/h3-10,16,18,23H,11H2,1-2H3,(H,22,24)/t16-,18?/m1/s1. The Morgan fingerprint density at radius 1 is 1.32 bits per heavy atom. The van der Waals surface area contributed by atoms with Crippen LogP contribution in [-0.2, 0) is 4.79 Å². The van der Waals surface area contributed by atoms with Crippen LogP contribution in [0.25, 0.3) is 0 Å². The van der Waals surface area contributed by atoms with Gasteiger partial charge >= 0.3 is 0 Å². The van der Waals surface area contributed by atoms with Crippen LogP contribution >= 0.6 is 0 Å². The van der Waals surface area contributed by atoms with Crippen LogP contribution in [0.5, 0.6) is 5.75 Å². The zero-order valence-corrected chi connectivity index (χ0v) is 14.2. The first-order chi connectivity index (χ1) is 11.9. The molecule has 0 aliphatic carbocycles. The minimum absolute atomic E-state index is 0.335. The molecule has 1 aliphatic heterocycles. The van der Waals surface area contributed by atoms with E-state index in [-0.39, 0.29) is 6.04 Å². The van der Waals surface area contributed by atoms with Crippen LogP contribution < -0.4 is 10.1 Å². The SMILES string of the molecule is CC1(C)C[C@@H](NC(=O)C(O)c2ccccc2)c2cc(C#N)ccc2O1. The van der Waals surface area contributed by atoms with Gasteiger partial charge in [-0.15, -0.1) is 0 Å². The number of aliphatic hydroxyl groups is 1. The third-order valence-electron chi connectivity index (χ3n) is 4.28.